The van der Waals surface area contributed by atoms with Crippen LogP contribution in [0.3, 0.4) is 0 Å². The van der Waals surface area contributed by atoms with E-state index in [1.807, 2.05) is 12.1 Å². The van der Waals surface area contributed by atoms with Crippen molar-refractivity contribution in [2.75, 3.05) is 0 Å². The molecule has 0 bridgehead atoms. The first kappa shape index (κ1) is 11.5. The minimum atomic E-state index is 0.394. The smallest absolute Gasteiger partial charge is 0.0908 e. The van der Waals surface area contributed by atoms with Gasteiger partial charge in [0.15, 0.2) is 0 Å². The van der Waals surface area contributed by atoms with Crippen molar-refractivity contribution in [1.82, 2.24) is 0 Å². The van der Waals surface area contributed by atoms with Gasteiger partial charge in [-0.05, 0) is 12.0 Å². The first-order chi connectivity index (χ1) is 7.38. The molecule has 0 saturated carbocycles. The number of hydrogen-bond acceptors (Lipinski definition) is 1. The number of nitrogens with zero attached hydrogens (tertiary/aromatic N) is 1. The maximum absolute atomic E-state index is 8.55. The molecule has 1 atom stereocenters. The Morgan fingerprint density at radius 3 is 2.67 bits per heavy atom. The van der Waals surface area contributed by atoms with E-state index in [1.54, 1.807) is 6.08 Å². The highest BCUT2D eigenvalue weighted by molar-refractivity contribution is 5.25. The summed E-state index contributed by atoms with van der Waals surface area (Å²) < 4.78 is 0. The predicted molar refractivity (Wildman–Crippen MR) is 63.5 cm³/mol. The average Bonchev–Trinajstić information content (AvgIpc) is 2.30. The zero-order valence-electron chi connectivity index (χ0n) is 9.19. The second kappa shape index (κ2) is 6.84. The van der Waals surface area contributed by atoms with E-state index in [-0.39, 0.29) is 0 Å². The molecule has 0 heterocycles. The Bertz CT molecular complexity index is 332. The van der Waals surface area contributed by atoms with Gasteiger partial charge < -0.3 is 0 Å². The molecule has 15 heavy (non-hydrogen) atoms. The van der Waals surface area contributed by atoms with Gasteiger partial charge in [0.25, 0.3) is 0 Å². The SMILES string of the molecule is CCCC[C@H](/C=C/C#N)c1ccccc1. The first-order valence-electron chi connectivity index (χ1n) is 5.49. The molecule has 1 nitrogen and oxygen atoms in total. The lowest BCUT2D eigenvalue weighted by molar-refractivity contribution is 0.664. The lowest BCUT2D eigenvalue weighted by Gasteiger charge is -2.11. The third-order valence-electron chi connectivity index (χ3n) is 2.50. The first-order valence-corrected chi connectivity index (χ1v) is 5.49. The lowest BCUT2D eigenvalue weighted by atomic mass is 9.93. The minimum absolute atomic E-state index is 0.394. The van der Waals surface area contributed by atoms with Gasteiger partial charge in [-0.25, -0.2) is 0 Å². The molecule has 0 spiro atoms. The van der Waals surface area contributed by atoms with E-state index in [0.29, 0.717) is 5.92 Å². The van der Waals surface area contributed by atoms with E-state index < -0.39 is 0 Å². The van der Waals surface area contributed by atoms with Gasteiger partial charge in [-0.1, -0.05) is 56.2 Å². The quantitative estimate of drug-likeness (QED) is 0.656. The van der Waals surface area contributed by atoms with Gasteiger partial charge in [-0.3, -0.25) is 0 Å². The Morgan fingerprint density at radius 1 is 1.33 bits per heavy atom. The van der Waals surface area contributed by atoms with Crippen LogP contribution in [0.15, 0.2) is 42.5 Å². The third-order valence-corrected chi connectivity index (χ3v) is 2.50. The van der Waals surface area contributed by atoms with Crippen molar-refractivity contribution < 1.29 is 0 Å². The molecule has 0 aliphatic carbocycles. The molecule has 0 aromatic heterocycles. The molecule has 1 heteroatoms. The van der Waals surface area contributed by atoms with Gasteiger partial charge in [0.2, 0.25) is 0 Å². The summed E-state index contributed by atoms with van der Waals surface area (Å²) in [5.74, 6) is 0.394. The summed E-state index contributed by atoms with van der Waals surface area (Å²) in [6.07, 6.45) is 7.12. The topological polar surface area (TPSA) is 23.8 Å². The lowest BCUT2D eigenvalue weighted by Crippen LogP contribution is -1.94. The zero-order valence-corrected chi connectivity index (χ0v) is 9.19. The van der Waals surface area contributed by atoms with Gasteiger partial charge in [0.1, 0.15) is 0 Å². The summed E-state index contributed by atoms with van der Waals surface area (Å²) in [6.45, 7) is 2.19. The maximum Gasteiger partial charge on any atom is 0.0908 e. The van der Waals surface area contributed by atoms with Gasteiger partial charge in [-0.15, -0.1) is 0 Å². The summed E-state index contributed by atoms with van der Waals surface area (Å²) in [5, 5.41) is 8.55. The minimum Gasteiger partial charge on any atom is -0.193 e. The van der Waals surface area contributed by atoms with E-state index in [0.717, 1.165) is 6.42 Å². The molecule has 0 amide bonds. The highest BCUT2D eigenvalue weighted by Crippen LogP contribution is 2.23. The normalized spacial score (nSPS) is 12.5. The Balaban J connectivity index is 2.73. The molecule has 0 radical (unpaired) electrons. The Labute approximate surface area is 92.1 Å². The molecule has 0 unspecified atom stereocenters. The van der Waals surface area contributed by atoms with Crippen LogP contribution in [0.4, 0.5) is 0 Å². The summed E-state index contributed by atoms with van der Waals surface area (Å²) in [4.78, 5) is 0. The van der Waals surface area contributed by atoms with Crippen molar-refractivity contribution >= 4 is 0 Å². The second-order valence-electron chi connectivity index (χ2n) is 3.65. The molecule has 1 aromatic carbocycles. The molecule has 1 aromatic rings. The number of benzene rings is 1. The van der Waals surface area contributed by atoms with Gasteiger partial charge >= 0.3 is 0 Å². The van der Waals surface area contributed by atoms with E-state index in [1.165, 1.54) is 18.4 Å². The largest absolute Gasteiger partial charge is 0.193 e. The van der Waals surface area contributed by atoms with Crippen molar-refractivity contribution in [3.8, 4) is 6.07 Å². The van der Waals surface area contributed by atoms with E-state index in [9.17, 15) is 0 Å². The standard InChI is InChI=1S/C14H17N/c1-2-3-8-13(11-7-12-15)14-9-5-4-6-10-14/h4-7,9-11,13H,2-3,8H2,1H3/b11-7+/t13-/m1/s1. The summed E-state index contributed by atoms with van der Waals surface area (Å²) >= 11 is 0. The van der Waals surface area contributed by atoms with Crippen molar-refractivity contribution in [2.24, 2.45) is 0 Å². The molecule has 0 fully saturated rings. The van der Waals surface area contributed by atoms with Crippen LogP contribution in [0.5, 0.6) is 0 Å². The van der Waals surface area contributed by atoms with E-state index >= 15 is 0 Å². The van der Waals surface area contributed by atoms with Crippen molar-refractivity contribution in [2.45, 2.75) is 32.1 Å². The Kier molecular flexibility index (Phi) is 5.25. The maximum atomic E-state index is 8.55. The highest BCUT2D eigenvalue weighted by atomic mass is 14.2. The van der Waals surface area contributed by atoms with Crippen LogP contribution >= 0.6 is 0 Å². The fraction of sp³-hybridized carbons (Fsp3) is 0.357. The van der Waals surface area contributed by atoms with Gasteiger partial charge in [0.05, 0.1) is 6.07 Å². The van der Waals surface area contributed by atoms with Crippen LogP contribution in [-0.4, -0.2) is 0 Å². The average molecular weight is 199 g/mol. The molecule has 0 aliphatic rings. The van der Waals surface area contributed by atoms with Crippen LogP contribution in [0.1, 0.15) is 37.7 Å². The molecule has 1 rings (SSSR count). The number of rotatable bonds is 5. The van der Waals surface area contributed by atoms with Crippen LogP contribution in [0.2, 0.25) is 0 Å². The zero-order chi connectivity index (χ0) is 10.9. The molecule has 0 N–H and O–H groups in total. The Morgan fingerprint density at radius 2 is 2.07 bits per heavy atom. The van der Waals surface area contributed by atoms with E-state index in [4.69, 9.17) is 5.26 Å². The van der Waals surface area contributed by atoms with Crippen LogP contribution in [-0.2, 0) is 0 Å². The molecule has 0 aliphatic heterocycles. The summed E-state index contributed by atoms with van der Waals surface area (Å²) in [5.41, 5.74) is 1.30. The predicted octanol–water partition coefficient (Wildman–Crippen LogP) is 4.04. The van der Waals surface area contributed by atoms with Crippen molar-refractivity contribution in [1.29, 1.82) is 5.26 Å². The number of nitriles is 1. The van der Waals surface area contributed by atoms with Crippen LogP contribution in [0, 0.1) is 11.3 Å². The summed E-state index contributed by atoms with van der Waals surface area (Å²) in [6, 6.07) is 12.4. The molecule has 78 valence electrons. The van der Waals surface area contributed by atoms with Gasteiger partial charge in [0, 0.05) is 12.0 Å². The molecular weight excluding hydrogens is 182 g/mol. The van der Waals surface area contributed by atoms with Crippen LogP contribution in [0.25, 0.3) is 0 Å². The fourth-order valence-electron chi connectivity index (χ4n) is 1.66. The van der Waals surface area contributed by atoms with Crippen molar-refractivity contribution in [3.63, 3.8) is 0 Å². The second-order valence-corrected chi connectivity index (χ2v) is 3.65. The third kappa shape index (κ3) is 3.99. The molecular formula is C14H17N. The number of hydrogen-bond donors (Lipinski definition) is 0. The fourth-order valence-corrected chi connectivity index (χ4v) is 1.66. The van der Waals surface area contributed by atoms with Crippen LogP contribution < -0.4 is 0 Å². The number of unbranched alkanes of at least 4 members (excludes halogenated alkanes) is 1. The highest BCUT2D eigenvalue weighted by Gasteiger charge is 2.06. The summed E-state index contributed by atoms with van der Waals surface area (Å²) in [7, 11) is 0. The number of allylic oxidation sites excluding steroid dienone is 2. The molecule has 0 saturated heterocycles. The van der Waals surface area contributed by atoms with Crippen molar-refractivity contribution in [3.05, 3.63) is 48.0 Å². The van der Waals surface area contributed by atoms with E-state index in [2.05, 4.69) is 37.3 Å². The Hall–Kier alpha value is -1.55. The monoisotopic (exact) mass is 199 g/mol. The van der Waals surface area contributed by atoms with Gasteiger partial charge in [-0.2, -0.15) is 5.26 Å².